The van der Waals surface area contributed by atoms with Gasteiger partial charge in [0, 0.05) is 13.1 Å². The molecule has 3 rings (SSSR count). The van der Waals surface area contributed by atoms with Crippen LogP contribution < -0.4 is 0 Å². The lowest BCUT2D eigenvalue weighted by atomic mass is 9.96. The van der Waals surface area contributed by atoms with Crippen molar-refractivity contribution in [2.45, 2.75) is 71.6 Å². The summed E-state index contributed by atoms with van der Waals surface area (Å²) in [7, 11) is 0. The van der Waals surface area contributed by atoms with E-state index in [9.17, 15) is 4.79 Å². The minimum atomic E-state index is -0.386. The fourth-order valence-electron chi connectivity index (χ4n) is 4.52. The smallest absolute Gasteiger partial charge is 0.309 e. The molecule has 0 spiro atoms. The number of carbonyl (C=O) groups is 1. The van der Waals surface area contributed by atoms with Gasteiger partial charge in [0.1, 0.15) is 5.60 Å². The molecule has 0 aliphatic carbocycles. The SMILES string of the molecule is CC(C)(C)OC(=O)C1CCN(CCCCCN(Cc2ccccc2)Cc2ccccc2)CC1. The normalized spacial score (nSPS) is 15.6. The number of hydrogen-bond donors (Lipinski definition) is 0. The average molecular weight is 451 g/mol. The van der Waals surface area contributed by atoms with Crippen molar-refractivity contribution in [3.63, 3.8) is 0 Å². The van der Waals surface area contributed by atoms with E-state index in [1.165, 1.54) is 30.4 Å². The summed E-state index contributed by atoms with van der Waals surface area (Å²) in [6.07, 6.45) is 5.54. The van der Waals surface area contributed by atoms with Crippen molar-refractivity contribution in [3.05, 3.63) is 71.8 Å². The van der Waals surface area contributed by atoms with E-state index < -0.39 is 0 Å². The second kappa shape index (κ2) is 12.9. The van der Waals surface area contributed by atoms with Gasteiger partial charge in [-0.05, 0) is 83.8 Å². The maximum Gasteiger partial charge on any atom is 0.309 e. The van der Waals surface area contributed by atoms with Crippen molar-refractivity contribution < 1.29 is 9.53 Å². The molecule has 0 atom stereocenters. The Balaban J connectivity index is 1.36. The van der Waals surface area contributed by atoms with Gasteiger partial charge in [0.2, 0.25) is 0 Å². The number of hydrogen-bond acceptors (Lipinski definition) is 4. The van der Waals surface area contributed by atoms with Crippen LogP contribution in [-0.4, -0.2) is 47.5 Å². The minimum Gasteiger partial charge on any atom is -0.460 e. The Hall–Kier alpha value is -2.17. The van der Waals surface area contributed by atoms with Crippen LogP contribution in [0.4, 0.5) is 0 Å². The van der Waals surface area contributed by atoms with Gasteiger partial charge in [-0.15, -0.1) is 0 Å². The summed E-state index contributed by atoms with van der Waals surface area (Å²) < 4.78 is 5.57. The quantitative estimate of drug-likeness (QED) is 0.315. The van der Waals surface area contributed by atoms with Crippen LogP contribution in [0.25, 0.3) is 0 Å². The summed E-state index contributed by atoms with van der Waals surface area (Å²) in [5.41, 5.74) is 2.37. The zero-order valence-electron chi connectivity index (χ0n) is 20.8. The summed E-state index contributed by atoms with van der Waals surface area (Å²) in [5.74, 6) is 0.0593. The van der Waals surface area contributed by atoms with E-state index in [1.54, 1.807) is 0 Å². The molecule has 1 fully saturated rings. The molecule has 2 aromatic rings. The lowest BCUT2D eigenvalue weighted by molar-refractivity contribution is -0.161. The predicted octanol–water partition coefficient (Wildman–Crippen LogP) is 5.91. The summed E-state index contributed by atoms with van der Waals surface area (Å²) in [5, 5.41) is 0. The van der Waals surface area contributed by atoms with Crippen LogP contribution in [0.15, 0.2) is 60.7 Å². The number of likely N-dealkylation sites (tertiary alicyclic amines) is 1. The molecule has 0 saturated carbocycles. The van der Waals surface area contributed by atoms with Crippen LogP contribution in [0.3, 0.4) is 0 Å². The number of unbranched alkanes of at least 4 members (excludes halogenated alkanes) is 2. The number of rotatable bonds is 11. The Kier molecular flexibility index (Phi) is 9.95. The van der Waals surface area contributed by atoms with Crippen molar-refractivity contribution in [2.24, 2.45) is 5.92 Å². The standard InChI is InChI=1S/C29H42N2O2/c1-29(2,3)33-28(32)27-17-21-30(22-18-27)19-11-6-12-20-31(23-25-13-7-4-8-14-25)24-26-15-9-5-10-16-26/h4-5,7-10,13-16,27H,6,11-12,17-24H2,1-3H3. The highest BCUT2D eigenvalue weighted by molar-refractivity contribution is 5.73. The van der Waals surface area contributed by atoms with Crippen LogP contribution in [0.1, 0.15) is 64.0 Å². The number of esters is 1. The Labute approximate surface area is 200 Å². The lowest BCUT2D eigenvalue weighted by Crippen LogP contribution is -2.39. The third-order valence-electron chi connectivity index (χ3n) is 6.27. The van der Waals surface area contributed by atoms with Crippen LogP contribution in [0, 0.1) is 5.92 Å². The number of ether oxygens (including phenoxy) is 1. The van der Waals surface area contributed by atoms with Crippen molar-refractivity contribution in [1.82, 2.24) is 9.80 Å². The molecule has 33 heavy (non-hydrogen) atoms. The average Bonchev–Trinajstić information content (AvgIpc) is 2.79. The highest BCUT2D eigenvalue weighted by Crippen LogP contribution is 2.22. The molecule has 4 heteroatoms. The third kappa shape index (κ3) is 9.69. The van der Waals surface area contributed by atoms with Gasteiger partial charge in [0.05, 0.1) is 5.92 Å². The van der Waals surface area contributed by atoms with Gasteiger partial charge in [-0.3, -0.25) is 9.69 Å². The predicted molar refractivity (Wildman–Crippen MR) is 136 cm³/mol. The summed E-state index contributed by atoms with van der Waals surface area (Å²) >= 11 is 0. The molecule has 0 aromatic heterocycles. The first-order valence-corrected chi connectivity index (χ1v) is 12.6. The molecule has 180 valence electrons. The number of carbonyl (C=O) groups excluding carboxylic acids is 1. The fourth-order valence-corrected chi connectivity index (χ4v) is 4.52. The zero-order chi connectivity index (χ0) is 23.5. The maximum atomic E-state index is 12.3. The Bertz CT molecular complexity index is 767. The first-order chi connectivity index (χ1) is 15.9. The van der Waals surface area contributed by atoms with E-state index in [0.717, 1.165) is 52.1 Å². The van der Waals surface area contributed by atoms with Gasteiger partial charge >= 0.3 is 5.97 Å². The molecule has 1 aliphatic heterocycles. The zero-order valence-corrected chi connectivity index (χ0v) is 20.8. The van der Waals surface area contributed by atoms with Crippen molar-refractivity contribution in [2.75, 3.05) is 26.2 Å². The Morgan fingerprint density at radius 1 is 0.879 bits per heavy atom. The van der Waals surface area contributed by atoms with E-state index in [0.29, 0.717) is 0 Å². The molecule has 2 aromatic carbocycles. The van der Waals surface area contributed by atoms with Crippen LogP contribution >= 0.6 is 0 Å². The summed E-state index contributed by atoms with van der Waals surface area (Å²) in [4.78, 5) is 17.4. The second-order valence-electron chi connectivity index (χ2n) is 10.4. The Morgan fingerprint density at radius 3 is 1.94 bits per heavy atom. The molecule has 0 unspecified atom stereocenters. The fraction of sp³-hybridized carbons (Fsp3) is 0.552. The van der Waals surface area contributed by atoms with Crippen LogP contribution in [-0.2, 0) is 22.6 Å². The van der Waals surface area contributed by atoms with Gasteiger partial charge in [-0.25, -0.2) is 0 Å². The molecular formula is C29H42N2O2. The first kappa shape index (κ1) is 25.5. The van der Waals surface area contributed by atoms with Crippen molar-refractivity contribution in [3.8, 4) is 0 Å². The van der Waals surface area contributed by atoms with Gasteiger partial charge < -0.3 is 9.64 Å². The topological polar surface area (TPSA) is 32.8 Å². The second-order valence-corrected chi connectivity index (χ2v) is 10.4. The molecule has 0 amide bonds. The molecule has 1 aliphatic rings. The molecule has 0 radical (unpaired) electrons. The van der Waals surface area contributed by atoms with Crippen molar-refractivity contribution in [1.29, 1.82) is 0 Å². The van der Waals surface area contributed by atoms with Gasteiger partial charge in [0.25, 0.3) is 0 Å². The number of benzene rings is 2. The Morgan fingerprint density at radius 2 is 1.42 bits per heavy atom. The summed E-state index contributed by atoms with van der Waals surface area (Å²) in [6.45, 7) is 12.1. The highest BCUT2D eigenvalue weighted by atomic mass is 16.6. The first-order valence-electron chi connectivity index (χ1n) is 12.6. The van der Waals surface area contributed by atoms with Crippen LogP contribution in [0.2, 0.25) is 0 Å². The van der Waals surface area contributed by atoms with Crippen LogP contribution in [0.5, 0.6) is 0 Å². The summed E-state index contributed by atoms with van der Waals surface area (Å²) in [6, 6.07) is 21.6. The highest BCUT2D eigenvalue weighted by Gasteiger charge is 2.28. The molecule has 0 N–H and O–H groups in total. The maximum absolute atomic E-state index is 12.3. The molecule has 0 bridgehead atoms. The van der Waals surface area contributed by atoms with E-state index in [2.05, 4.69) is 70.5 Å². The van der Waals surface area contributed by atoms with E-state index in [-0.39, 0.29) is 17.5 Å². The third-order valence-corrected chi connectivity index (χ3v) is 6.27. The van der Waals surface area contributed by atoms with E-state index in [1.807, 2.05) is 20.8 Å². The van der Waals surface area contributed by atoms with E-state index in [4.69, 9.17) is 4.74 Å². The lowest BCUT2D eigenvalue weighted by Gasteiger charge is -2.32. The van der Waals surface area contributed by atoms with Gasteiger partial charge in [0.15, 0.2) is 0 Å². The minimum absolute atomic E-state index is 0.0147. The van der Waals surface area contributed by atoms with Crippen molar-refractivity contribution >= 4 is 5.97 Å². The molecule has 1 saturated heterocycles. The van der Waals surface area contributed by atoms with Gasteiger partial charge in [-0.2, -0.15) is 0 Å². The molecule has 4 nitrogen and oxygen atoms in total. The van der Waals surface area contributed by atoms with Gasteiger partial charge in [-0.1, -0.05) is 67.1 Å². The largest absolute Gasteiger partial charge is 0.460 e. The monoisotopic (exact) mass is 450 g/mol. The number of nitrogens with zero attached hydrogens (tertiary/aromatic N) is 2. The van der Waals surface area contributed by atoms with E-state index >= 15 is 0 Å². The molecular weight excluding hydrogens is 408 g/mol. The molecule has 1 heterocycles. The number of piperidine rings is 1.